The summed E-state index contributed by atoms with van der Waals surface area (Å²) in [5.41, 5.74) is 4.02. The second kappa shape index (κ2) is 8.05. The molecular formula is C25H27NO2. The highest BCUT2D eigenvalue weighted by molar-refractivity contribution is 6.18. The Kier molecular flexibility index (Phi) is 5.34. The molecule has 0 aliphatic rings. The van der Waals surface area contributed by atoms with Crippen LogP contribution in [0.25, 0.3) is 27.2 Å². The summed E-state index contributed by atoms with van der Waals surface area (Å²) >= 11 is 0. The van der Waals surface area contributed by atoms with Gasteiger partial charge in [0.15, 0.2) is 0 Å². The molecule has 0 saturated carbocycles. The van der Waals surface area contributed by atoms with Crippen LogP contribution < -0.4 is 0 Å². The molecule has 0 bridgehead atoms. The maximum absolute atomic E-state index is 12.9. The average Bonchev–Trinajstić information content (AvgIpc) is 3.06. The van der Waals surface area contributed by atoms with E-state index in [1.807, 2.05) is 25.1 Å². The standard InChI is InChI=1S/C25H27NO2/c1-3-5-6-7-12-18-17-26-22-16-11-10-15-21(22)23(25(27)28-4-2)24(26)20-14-9-8-13-19(18)20/h8-11,13-17H,3-7,12H2,1-2H3. The second-order valence-corrected chi connectivity index (χ2v) is 7.34. The van der Waals surface area contributed by atoms with Crippen LogP contribution in [0.5, 0.6) is 0 Å². The Morgan fingerprint density at radius 3 is 2.36 bits per heavy atom. The highest BCUT2D eigenvalue weighted by Gasteiger charge is 2.22. The molecule has 4 rings (SSSR count). The van der Waals surface area contributed by atoms with Gasteiger partial charge in [-0.05, 0) is 36.8 Å². The second-order valence-electron chi connectivity index (χ2n) is 7.34. The van der Waals surface area contributed by atoms with E-state index in [1.165, 1.54) is 36.6 Å². The van der Waals surface area contributed by atoms with Gasteiger partial charge in [0.05, 0.1) is 23.2 Å². The summed E-state index contributed by atoms with van der Waals surface area (Å²) in [5, 5.41) is 3.31. The Labute approximate surface area is 165 Å². The number of benzene rings is 2. The lowest BCUT2D eigenvalue weighted by atomic mass is 10.00. The zero-order valence-electron chi connectivity index (χ0n) is 16.7. The first-order valence-corrected chi connectivity index (χ1v) is 10.4. The minimum absolute atomic E-state index is 0.248. The van der Waals surface area contributed by atoms with Gasteiger partial charge in [0.1, 0.15) is 0 Å². The molecule has 4 aromatic rings. The fourth-order valence-electron chi connectivity index (χ4n) is 4.21. The van der Waals surface area contributed by atoms with Gasteiger partial charge in [0, 0.05) is 17.0 Å². The lowest BCUT2D eigenvalue weighted by Gasteiger charge is -2.11. The third kappa shape index (κ3) is 3.15. The fourth-order valence-corrected chi connectivity index (χ4v) is 4.21. The van der Waals surface area contributed by atoms with Gasteiger partial charge in [0.25, 0.3) is 0 Å². The zero-order valence-corrected chi connectivity index (χ0v) is 16.7. The van der Waals surface area contributed by atoms with Gasteiger partial charge in [-0.1, -0.05) is 68.7 Å². The number of nitrogens with zero attached hydrogens (tertiary/aromatic N) is 1. The molecule has 0 amide bonds. The summed E-state index contributed by atoms with van der Waals surface area (Å²) in [5.74, 6) is -0.248. The number of hydrogen-bond donors (Lipinski definition) is 0. The molecule has 28 heavy (non-hydrogen) atoms. The van der Waals surface area contributed by atoms with Crippen LogP contribution in [0.2, 0.25) is 0 Å². The summed E-state index contributed by atoms with van der Waals surface area (Å²) in [4.78, 5) is 12.9. The number of pyridine rings is 1. The van der Waals surface area contributed by atoms with Gasteiger partial charge in [-0.3, -0.25) is 0 Å². The summed E-state index contributed by atoms with van der Waals surface area (Å²) in [6.45, 7) is 4.47. The molecule has 0 aliphatic heterocycles. The van der Waals surface area contributed by atoms with E-state index in [0.29, 0.717) is 12.2 Å². The van der Waals surface area contributed by atoms with Crippen molar-refractivity contribution in [3.63, 3.8) is 0 Å². The van der Waals surface area contributed by atoms with Crippen LogP contribution in [0.15, 0.2) is 54.7 Å². The molecule has 0 N–H and O–H groups in total. The van der Waals surface area contributed by atoms with Crippen molar-refractivity contribution in [2.24, 2.45) is 0 Å². The maximum atomic E-state index is 12.9. The largest absolute Gasteiger partial charge is 0.462 e. The van der Waals surface area contributed by atoms with Crippen LogP contribution in [0.1, 0.15) is 55.5 Å². The van der Waals surface area contributed by atoms with Gasteiger partial charge in [-0.15, -0.1) is 0 Å². The number of fused-ring (bicyclic) bond motifs is 5. The van der Waals surface area contributed by atoms with Crippen molar-refractivity contribution < 1.29 is 9.53 Å². The van der Waals surface area contributed by atoms with Crippen molar-refractivity contribution >= 4 is 33.2 Å². The summed E-state index contributed by atoms with van der Waals surface area (Å²) in [6, 6.07) is 16.6. The lowest BCUT2D eigenvalue weighted by Crippen LogP contribution is -2.05. The van der Waals surface area contributed by atoms with E-state index in [1.54, 1.807) is 0 Å². The average molecular weight is 373 g/mol. The molecule has 0 unspecified atom stereocenters. The Morgan fingerprint density at radius 2 is 1.61 bits per heavy atom. The van der Waals surface area contributed by atoms with Crippen molar-refractivity contribution in [1.82, 2.24) is 4.40 Å². The van der Waals surface area contributed by atoms with E-state index >= 15 is 0 Å². The Balaban J connectivity index is 2.00. The fraction of sp³-hybridized carbons (Fsp3) is 0.320. The summed E-state index contributed by atoms with van der Waals surface area (Å²) in [7, 11) is 0. The Hall–Kier alpha value is -2.81. The molecule has 2 aromatic heterocycles. The van der Waals surface area contributed by atoms with E-state index < -0.39 is 0 Å². The molecule has 2 aromatic carbocycles. The van der Waals surface area contributed by atoms with Crippen LogP contribution in [-0.2, 0) is 11.2 Å². The molecule has 2 heterocycles. The van der Waals surface area contributed by atoms with Gasteiger partial charge in [-0.25, -0.2) is 4.79 Å². The monoisotopic (exact) mass is 373 g/mol. The smallest absolute Gasteiger partial charge is 0.340 e. The number of esters is 1. The van der Waals surface area contributed by atoms with Gasteiger partial charge >= 0.3 is 5.97 Å². The van der Waals surface area contributed by atoms with E-state index in [4.69, 9.17) is 4.74 Å². The predicted octanol–water partition coefficient (Wildman–Crippen LogP) is 6.55. The zero-order chi connectivity index (χ0) is 19.5. The third-order valence-electron chi connectivity index (χ3n) is 5.50. The van der Waals surface area contributed by atoms with Crippen LogP contribution in [0.4, 0.5) is 0 Å². The predicted molar refractivity (Wildman–Crippen MR) is 116 cm³/mol. The SMILES string of the molecule is CCCCCCc1cn2c3ccccc3c(C(=O)OCC)c2c2ccccc12. The van der Waals surface area contributed by atoms with Gasteiger partial charge in [-0.2, -0.15) is 0 Å². The first-order chi connectivity index (χ1) is 13.8. The van der Waals surface area contributed by atoms with Crippen LogP contribution in [0.3, 0.4) is 0 Å². The Bertz CT molecular complexity index is 1140. The number of carbonyl (C=O) groups is 1. The number of ether oxygens (including phenoxy) is 1. The number of unbranched alkanes of at least 4 members (excludes halogenated alkanes) is 3. The topological polar surface area (TPSA) is 30.7 Å². The van der Waals surface area contributed by atoms with E-state index in [2.05, 4.69) is 47.9 Å². The van der Waals surface area contributed by atoms with E-state index in [-0.39, 0.29) is 5.97 Å². The first kappa shape index (κ1) is 18.5. The number of para-hydroxylation sites is 1. The van der Waals surface area contributed by atoms with Crippen molar-refractivity contribution in [1.29, 1.82) is 0 Å². The molecule has 0 radical (unpaired) electrons. The molecule has 3 heteroatoms. The maximum Gasteiger partial charge on any atom is 0.340 e. The number of carbonyl (C=O) groups excluding carboxylic acids is 1. The van der Waals surface area contributed by atoms with Gasteiger partial charge < -0.3 is 9.14 Å². The van der Waals surface area contributed by atoms with Gasteiger partial charge in [0.2, 0.25) is 0 Å². The molecule has 0 atom stereocenters. The normalized spacial score (nSPS) is 11.5. The van der Waals surface area contributed by atoms with Crippen LogP contribution in [0, 0.1) is 0 Å². The van der Waals surface area contributed by atoms with Crippen LogP contribution >= 0.6 is 0 Å². The van der Waals surface area contributed by atoms with Crippen molar-refractivity contribution in [3.05, 3.63) is 65.9 Å². The van der Waals surface area contributed by atoms with Crippen molar-refractivity contribution in [2.75, 3.05) is 6.61 Å². The van der Waals surface area contributed by atoms with Crippen LogP contribution in [-0.4, -0.2) is 17.0 Å². The number of aromatic nitrogens is 1. The number of aryl methyl sites for hydroxylation is 1. The summed E-state index contributed by atoms with van der Waals surface area (Å²) in [6.07, 6.45) is 8.24. The Morgan fingerprint density at radius 1 is 0.893 bits per heavy atom. The first-order valence-electron chi connectivity index (χ1n) is 10.4. The molecule has 0 fully saturated rings. The molecule has 144 valence electrons. The molecule has 0 saturated heterocycles. The van der Waals surface area contributed by atoms with E-state index in [0.717, 1.165) is 28.2 Å². The highest BCUT2D eigenvalue weighted by Crippen LogP contribution is 2.34. The summed E-state index contributed by atoms with van der Waals surface area (Å²) < 4.78 is 7.61. The minimum atomic E-state index is -0.248. The molecule has 3 nitrogen and oxygen atoms in total. The molecular weight excluding hydrogens is 346 g/mol. The quantitative estimate of drug-likeness (QED) is 0.272. The lowest BCUT2D eigenvalue weighted by molar-refractivity contribution is 0.0531. The van der Waals surface area contributed by atoms with Crippen molar-refractivity contribution in [2.45, 2.75) is 46.0 Å². The number of rotatable bonds is 7. The number of hydrogen-bond acceptors (Lipinski definition) is 2. The van der Waals surface area contributed by atoms with Crippen molar-refractivity contribution in [3.8, 4) is 0 Å². The van der Waals surface area contributed by atoms with E-state index in [9.17, 15) is 4.79 Å². The molecule has 0 aliphatic carbocycles. The minimum Gasteiger partial charge on any atom is -0.462 e. The molecule has 0 spiro atoms. The highest BCUT2D eigenvalue weighted by atomic mass is 16.5. The third-order valence-corrected chi connectivity index (χ3v) is 5.50.